The van der Waals surface area contributed by atoms with Gasteiger partial charge in [0.05, 0.1) is 0 Å². The van der Waals surface area contributed by atoms with Gasteiger partial charge in [0.15, 0.2) is 0 Å². The van der Waals surface area contributed by atoms with Crippen molar-refractivity contribution in [2.45, 2.75) is 38.5 Å². The zero-order valence-corrected chi connectivity index (χ0v) is 12.2. The van der Waals surface area contributed by atoms with E-state index in [2.05, 4.69) is 0 Å². The normalized spacial score (nSPS) is 22.4. The van der Waals surface area contributed by atoms with Crippen LogP contribution in [0.1, 0.15) is 37.7 Å². The van der Waals surface area contributed by atoms with Crippen LogP contribution in [-0.2, 0) is 11.2 Å². The predicted molar refractivity (Wildman–Crippen MR) is 76.7 cm³/mol. The number of halogens is 2. The first-order valence-corrected chi connectivity index (χ1v) is 7.87. The van der Waals surface area contributed by atoms with Gasteiger partial charge >= 0.3 is 0 Å². The van der Waals surface area contributed by atoms with Crippen molar-refractivity contribution in [1.82, 2.24) is 4.90 Å². The Morgan fingerprint density at radius 2 is 1.90 bits per heavy atom. The first-order chi connectivity index (χ1) is 10.1. The second-order valence-electron chi connectivity index (χ2n) is 6.31. The van der Waals surface area contributed by atoms with Crippen molar-refractivity contribution < 1.29 is 13.6 Å². The largest absolute Gasteiger partial charge is 0.342 e. The lowest BCUT2D eigenvalue weighted by Gasteiger charge is -2.33. The minimum absolute atomic E-state index is 0.183. The molecule has 1 aromatic carbocycles. The first kappa shape index (κ1) is 14.5. The molecule has 1 unspecified atom stereocenters. The van der Waals surface area contributed by atoms with E-state index in [1.165, 1.54) is 18.2 Å². The standard InChI is InChI=1S/C17H21F2NO/c18-15-4-1-5-16(19)14(15)9-6-12-3-2-10-20(11-12)17(21)13-7-8-13/h1,4-5,12-13H,2-3,6-11H2. The highest BCUT2D eigenvalue weighted by Gasteiger charge is 2.35. The molecule has 3 rings (SSSR count). The third-order valence-corrected chi connectivity index (χ3v) is 4.62. The molecule has 1 atom stereocenters. The quantitative estimate of drug-likeness (QED) is 0.831. The number of amides is 1. The molecule has 2 aliphatic rings. The molecule has 1 aromatic rings. The summed E-state index contributed by atoms with van der Waals surface area (Å²) in [7, 11) is 0. The van der Waals surface area contributed by atoms with Crippen molar-refractivity contribution in [3.8, 4) is 0 Å². The molecule has 0 spiro atoms. The van der Waals surface area contributed by atoms with Crippen LogP contribution in [0.5, 0.6) is 0 Å². The van der Waals surface area contributed by atoms with Crippen LogP contribution in [0.15, 0.2) is 18.2 Å². The van der Waals surface area contributed by atoms with Gasteiger partial charge in [-0.15, -0.1) is 0 Å². The highest BCUT2D eigenvalue weighted by molar-refractivity contribution is 5.81. The van der Waals surface area contributed by atoms with E-state index >= 15 is 0 Å². The maximum absolute atomic E-state index is 13.6. The summed E-state index contributed by atoms with van der Waals surface area (Å²) in [6, 6.07) is 4.01. The summed E-state index contributed by atoms with van der Waals surface area (Å²) in [4.78, 5) is 14.1. The fraction of sp³-hybridized carbons (Fsp3) is 0.588. The Balaban J connectivity index is 1.56. The number of hydrogen-bond acceptors (Lipinski definition) is 1. The van der Waals surface area contributed by atoms with Gasteiger partial charge in [-0.1, -0.05) is 6.07 Å². The maximum atomic E-state index is 13.6. The van der Waals surface area contributed by atoms with Gasteiger partial charge in [0.2, 0.25) is 5.91 Å². The van der Waals surface area contributed by atoms with Gasteiger partial charge in [-0.05, 0) is 56.6 Å². The second kappa shape index (κ2) is 6.12. The Hall–Kier alpha value is -1.45. The van der Waals surface area contributed by atoms with Gasteiger partial charge in [0.1, 0.15) is 11.6 Å². The van der Waals surface area contributed by atoms with E-state index in [-0.39, 0.29) is 17.4 Å². The average Bonchev–Trinajstić information content (AvgIpc) is 3.31. The molecule has 0 N–H and O–H groups in total. The lowest BCUT2D eigenvalue weighted by molar-refractivity contribution is -0.134. The fourth-order valence-electron chi connectivity index (χ4n) is 3.21. The van der Waals surface area contributed by atoms with Gasteiger partial charge in [-0.3, -0.25) is 4.79 Å². The maximum Gasteiger partial charge on any atom is 0.225 e. The first-order valence-electron chi connectivity index (χ1n) is 7.87. The van der Waals surface area contributed by atoms with Crippen molar-refractivity contribution >= 4 is 5.91 Å². The summed E-state index contributed by atoms with van der Waals surface area (Å²) < 4.78 is 27.2. The van der Waals surface area contributed by atoms with E-state index in [0.29, 0.717) is 12.3 Å². The molecule has 2 fully saturated rings. The van der Waals surface area contributed by atoms with Gasteiger partial charge in [-0.25, -0.2) is 8.78 Å². The molecule has 21 heavy (non-hydrogen) atoms. The molecule has 1 amide bonds. The molecule has 1 aliphatic heterocycles. The van der Waals surface area contributed by atoms with E-state index in [1.54, 1.807) is 0 Å². The fourth-order valence-corrected chi connectivity index (χ4v) is 3.21. The summed E-state index contributed by atoms with van der Waals surface area (Å²) in [5, 5.41) is 0. The number of hydrogen-bond donors (Lipinski definition) is 0. The number of piperidine rings is 1. The Morgan fingerprint density at radius 3 is 2.57 bits per heavy atom. The lowest BCUT2D eigenvalue weighted by Crippen LogP contribution is -2.40. The van der Waals surface area contributed by atoms with Crippen molar-refractivity contribution in [3.63, 3.8) is 0 Å². The van der Waals surface area contributed by atoms with Crippen LogP contribution >= 0.6 is 0 Å². The molecule has 1 aliphatic carbocycles. The van der Waals surface area contributed by atoms with E-state index < -0.39 is 11.6 Å². The third-order valence-electron chi connectivity index (χ3n) is 4.62. The van der Waals surface area contributed by atoms with Crippen LogP contribution in [0.3, 0.4) is 0 Å². The summed E-state index contributed by atoms with van der Waals surface area (Å²) >= 11 is 0. The SMILES string of the molecule is O=C(C1CC1)N1CCCC(CCc2c(F)cccc2F)C1. The van der Waals surface area contributed by atoms with E-state index in [9.17, 15) is 13.6 Å². The van der Waals surface area contributed by atoms with Crippen molar-refractivity contribution in [1.29, 1.82) is 0 Å². The molecule has 0 bridgehead atoms. The van der Waals surface area contributed by atoms with Gasteiger partial charge in [-0.2, -0.15) is 0 Å². The minimum Gasteiger partial charge on any atom is -0.342 e. The molecule has 0 aromatic heterocycles. The predicted octanol–water partition coefficient (Wildman–Crippen LogP) is 3.55. The Labute approximate surface area is 124 Å². The Bertz CT molecular complexity index is 507. The van der Waals surface area contributed by atoms with Gasteiger partial charge in [0, 0.05) is 24.6 Å². The van der Waals surface area contributed by atoms with Crippen LogP contribution in [-0.4, -0.2) is 23.9 Å². The van der Waals surface area contributed by atoms with E-state index in [0.717, 1.165) is 45.2 Å². The van der Waals surface area contributed by atoms with Crippen molar-refractivity contribution in [3.05, 3.63) is 35.4 Å². The number of nitrogens with zero attached hydrogens (tertiary/aromatic N) is 1. The topological polar surface area (TPSA) is 20.3 Å². The Morgan fingerprint density at radius 1 is 1.19 bits per heavy atom. The molecule has 4 heteroatoms. The molecule has 2 nitrogen and oxygen atoms in total. The molecule has 114 valence electrons. The molecular weight excluding hydrogens is 272 g/mol. The van der Waals surface area contributed by atoms with E-state index in [1.807, 2.05) is 4.90 Å². The number of likely N-dealkylation sites (tertiary alicyclic amines) is 1. The zero-order valence-electron chi connectivity index (χ0n) is 12.2. The van der Waals surface area contributed by atoms with Crippen LogP contribution in [0.4, 0.5) is 8.78 Å². The monoisotopic (exact) mass is 293 g/mol. The van der Waals surface area contributed by atoms with Gasteiger partial charge in [0.25, 0.3) is 0 Å². The van der Waals surface area contributed by atoms with Crippen molar-refractivity contribution in [2.75, 3.05) is 13.1 Å². The summed E-state index contributed by atoms with van der Waals surface area (Å²) in [5.41, 5.74) is 0.183. The van der Waals surface area contributed by atoms with Gasteiger partial charge < -0.3 is 4.90 Å². The third kappa shape index (κ3) is 3.42. The zero-order chi connectivity index (χ0) is 14.8. The average molecular weight is 293 g/mol. The summed E-state index contributed by atoms with van der Waals surface area (Å²) in [6.45, 7) is 1.60. The number of carbonyl (C=O) groups is 1. The summed E-state index contributed by atoms with van der Waals surface area (Å²) in [6.07, 6.45) is 5.26. The molecular formula is C17H21F2NO. The summed E-state index contributed by atoms with van der Waals surface area (Å²) in [5.74, 6) is -0.0153. The van der Waals surface area contributed by atoms with Crippen LogP contribution in [0.25, 0.3) is 0 Å². The number of benzene rings is 1. The minimum atomic E-state index is -0.461. The number of rotatable bonds is 4. The molecule has 1 heterocycles. The second-order valence-corrected chi connectivity index (χ2v) is 6.31. The molecule has 1 saturated heterocycles. The smallest absolute Gasteiger partial charge is 0.225 e. The van der Waals surface area contributed by atoms with Crippen LogP contribution < -0.4 is 0 Å². The van der Waals surface area contributed by atoms with Crippen LogP contribution in [0.2, 0.25) is 0 Å². The van der Waals surface area contributed by atoms with E-state index in [4.69, 9.17) is 0 Å². The van der Waals surface area contributed by atoms with Crippen LogP contribution in [0, 0.1) is 23.5 Å². The lowest BCUT2D eigenvalue weighted by atomic mass is 9.91. The Kier molecular flexibility index (Phi) is 4.22. The molecule has 0 radical (unpaired) electrons. The van der Waals surface area contributed by atoms with Crippen molar-refractivity contribution in [2.24, 2.45) is 11.8 Å². The number of carbonyl (C=O) groups excluding carboxylic acids is 1. The highest BCUT2D eigenvalue weighted by atomic mass is 19.1. The molecule has 1 saturated carbocycles. The highest BCUT2D eigenvalue weighted by Crippen LogP contribution is 2.33.